The van der Waals surface area contributed by atoms with E-state index in [4.69, 9.17) is 23.8 Å². The number of nitrogens with one attached hydrogen (secondary N) is 1. The maximum atomic E-state index is 14.2. The van der Waals surface area contributed by atoms with Gasteiger partial charge in [-0.2, -0.15) is 5.10 Å². The van der Waals surface area contributed by atoms with Crippen LogP contribution in [-0.4, -0.2) is 17.4 Å². The Hall–Kier alpha value is -1.98. The molecule has 0 spiro atoms. The molecule has 3 rings (SSSR count). The van der Waals surface area contributed by atoms with Crippen LogP contribution in [0.4, 0.5) is 10.1 Å². The third-order valence-corrected chi connectivity index (χ3v) is 4.54. The van der Waals surface area contributed by atoms with E-state index in [0.29, 0.717) is 16.4 Å². The molecule has 0 amide bonds. The highest BCUT2D eigenvalue weighted by Crippen LogP contribution is 2.27. The third-order valence-electron chi connectivity index (χ3n) is 3.76. The van der Waals surface area contributed by atoms with Gasteiger partial charge in [0, 0.05) is 23.0 Å². The van der Waals surface area contributed by atoms with Gasteiger partial charge in [-0.3, -0.25) is 5.43 Å². The first-order chi connectivity index (χ1) is 11.1. The monoisotopic (exact) mass is 347 g/mol. The molecule has 0 aliphatic carbocycles. The molecule has 3 nitrogen and oxygen atoms in total. The molecule has 2 aromatic rings. The van der Waals surface area contributed by atoms with Crippen LogP contribution in [0.2, 0.25) is 5.02 Å². The Labute approximate surface area is 144 Å². The van der Waals surface area contributed by atoms with Gasteiger partial charge in [-0.1, -0.05) is 48.1 Å². The van der Waals surface area contributed by atoms with E-state index >= 15 is 0 Å². The Morgan fingerprint density at radius 2 is 2.04 bits per heavy atom. The number of rotatable bonds is 4. The van der Waals surface area contributed by atoms with Gasteiger partial charge in [0.2, 0.25) is 0 Å². The molecular weight excluding hydrogens is 333 g/mol. The highest BCUT2D eigenvalue weighted by Gasteiger charge is 2.28. The Morgan fingerprint density at radius 3 is 2.74 bits per heavy atom. The summed E-state index contributed by atoms with van der Waals surface area (Å²) >= 11 is 11.4. The smallest absolute Gasteiger partial charge is 0.150 e. The molecule has 23 heavy (non-hydrogen) atoms. The van der Waals surface area contributed by atoms with E-state index in [1.807, 2.05) is 42.2 Å². The van der Waals surface area contributed by atoms with E-state index < -0.39 is 0 Å². The molecule has 1 aliphatic heterocycles. The van der Waals surface area contributed by atoms with Crippen LogP contribution < -0.4 is 10.3 Å². The van der Waals surface area contributed by atoms with E-state index in [1.54, 1.807) is 11.4 Å². The third kappa shape index (κ3) is 3.07. The van der Waals surface area contributed by atoms with Crippen molar-refractivity contribution in [1.29, 1.82) is 0 Å². The molecule has 1 atom stereocenters. The average molecular weight is 348 g/mol. The predicted molar refractivity (Wildman–Crippen MR) is 96.8 cm³/mol. The van der Waals surface area contributed by atoms with Gasteiger partial charge < -0.3 is 4.90 Å². The fraction of sp³-hybridized carbons (Fsp3) is 0.176. The van der Waals surface area contributed by atoms with Crippen molar-refractivity contribution in [3.63, 3.8) is 0 Å². The van der Waals surface area contributed by atoms with Gasteiger partial charge in [0.25, 0.3) is 0 Å². The summed E-state index contributed by atoms with van der Waals surface area (Å²) in [4.78, 5) is 1.95. The second kappa shape index (κ2) is 6.64. The fourth-order valence-electron chi connectivity index (χ4n) is 2.56. The summed E-state index contributed by atoms with van der Waals surface area (Å²) in [6.45, 7) is 1.86. The molecule has 0 radical (unpaired) electrons. The summed E-state index contributed by atoms with van der Waals surface area (Å²) in [5, 5.41) is 6.35. The quantitative estimate of drug-likeness (QED) is 0.844. The number of hydrazone groups is 1. The van der Waals surface area contributed by atoms with E-state index in [-0.39, 0.29) is 18.4 Å². The van der Waals surface area contributed by atoms with Crippen LogP contribution in [0.5, 0.6) is 0 Å². The van der Waals surface area contributed by atoms with Crippen molar-refractivity contribution in [3.8, 4) is 0 Å². The fourth-order valence-corrected chi connectivity index (χ4v) is 2.96. The number of amidine groups is 1. The summed E-state index contributed by atoms with van der Waals surface area (Å²) in [5.74, 6) is 0.343. The van der Waals surface area contributed by atoms with Crippen LogP contribution in [0.1, 0.15) is 11.1 Å². The number of thiocarbonyl (C=S) groups is 1. The number of hydrogen-bond donors (Lipinski definition) is 1. The van der Waals surface area contributed by atoms with Crippen LogP contribution in [0.3, 0.4) is 0 Å². The maximum absolute atomic E-state index is 14.2. The number of anilines is 1. The van der Waals surface area contributed by atoms with Crippen molar-refractivity contribution in [2.24, 2.45) is 5.10 Å². The van der Waals surface area contributed by atoms with E-state index in [2.05, 4.69) is 10.5 Å². The van der Waals surface area contributed by atoms with E-state index in [1.165, 1.54) is 6.07 Å². The van der Waals surface area contributed by atoms with Crippen LogP contribution in [0.15, 0.2) is 47.6 Å². The number of para-hydroxylation sites is 1. The van der Waals surface area contributed by atoms with Crippen molar-refractivity contribution in [1.82, 2.24) is 5.43 Å². The Balaban J connectivity index is 1.96. The molecule has 1 N–H and O–H groups in total. The Kier molecular flexibility index (Phi) is 4.59. The molecule has 2 aromatic carbocycles. The number of hydrogen-bond acceptors (Lipinski definition) is 4. The zero-order valence-electron chi connectivity index (χ0n) is 12.5. The first-order valence-electron chi connectivity index (χ1n) is 7.17. The van der Waals surface area contributed by atoms with E-state index in [0.717, 1.165) is 11.3 Å². The van der Waals surface area contributed by atoms with Gasteiger partial charge in [-0.25, -0.2) is 4.39 Å². The summed E-state index contributed by atoms with van der Waals surface area (Å²) < 4.78 is 14.2. The molecule has 118 valence electrons. The lowest BCUT2D eigenvalue weighted by Crippen LogP contribution is -2.41. The molecule has 6 heteroatoms. The SMILES string of the molecule is Cc1ccc(F)c(CC2=NNC(C=S)N2c2ccccc2)c1Cl. The molecule has 0 saturated carbocycles. The molecular formula is C17H15ClFN3S. The summed E-state index contributed by atoms with van der Waals surface area (Å²) in [7, 11) is 0. The van der Waals surface area contributed by atoms with Crippen molar-refractivity contribution >= 4 is 40.7 Å². The van der Waals surface area contributed by atoms with Crippen LogP contribution in [0, 0.1) is 12.7 Å². The summed E-state index contributed by atoms with van der Waals surface area (Å²) in [6.07, 6.45) is 0.0440. The minimum absolute atomic E-state index is 0.242. The zero-order chi connectivity index (χ0) is 16.4. The Bertz CT molecular complexity index is 764. The minimum atomic E-state index is -0.331. The van der Waals surface area contributed by atoms with Gasteiger partial charge in [0.1, 0.15) is 17.8 Å². The highest BCUT2D eigenvalue weighted by molar-refractivity contribution is 7.79. The summed E-state index contributed by atoms with van der Waals surface area (Å²) in [5.41, 5.74) is 5.19. The van der Waals surface area contributed by atoms with Gasteiger partial charge in [0.15, 0.2) is 0 Å². The largest absolute Gasteiger partial charge is 0.301 e. The normalized spacial score (nSPS) is 16.9. The zero-order valence-corrected chi connectivity index (χ0v) is 14.0. The molecule has 1 aliphatic rings. The molecule has 1 heterocycles. The average Bonchev–Trinajstić information content (AvgIpc) is 2.98. The van der Waals surface area contributed by atoms with Crippen LogP contribution in [-0.2, 0) is 6.42 Å². The Morgan fingerprint density at radius 1 is 1.30 bits per heavy atom. The number of nitrogens with zero attached hydrogens (tertiary/aromatic N) is 2. The highest BCUT2D eigenvalue weighted by atomic mass is 35.5. The van der Waals surface area contributed by atoms with Crippen molar-refractivity contribution < 1.29 is 4.39 Å². The lowest BCUT2D eigenvalue weighted by Gasteiger charge is -2.25. The summed E-state index contributed by atoms with van der Waals surface area (Å²) in [6, 6.07) is 12.8. The second-order valence-electron chi connectivity index (χ2n) is 5.28. The first kappa shape index (κ1) is 15.9. The molecule has 0 bridgehead atoms. The van der Waals surface area contributed by atoms with Gasteiger partial charge in [-0.05, 0) is 30.7 Å². The number of aryl methyl sites for hydroxylation is 1. The molecule has 0 saturated heterocycles. The van der Waals surface area contributed by atoms with Crippen molar-refractivity contribution in [3.05, 3.63) is 64.4 Å². The van der Waals surface area contributed by atoms with Gasteiger partial charge >= 0.3 is 0 Å². The van der Waals surface area contributed by atoms with E-state index in [9.17, 15) is 4.39 Å². The lowest BCUT2D eigenvalue weighted by molar-refractivity contribution is 0.615. The molecule has 1 unspecified atom stereocenters. The number of halogens is 2. The maximum Gasteiger partial charge on any atom is 0.150 e. The first-order valence-corrected chi connectivity index (χ1v) is 8.02. The minimum Gasteiger partial charge on any atom is -0.301 e. The number of benzene rings is 2. The van der Waals surface area contributed by atoms with Crippen molar-refractivity contribution in [2.45, 2.75) is 19.5 Å². The van der Waals surface area contributed by atoms with Gasteiger partial charge in [-0.15, -0.1) is 0 Å². The van der Waals surface area contributed by atoms with Gasteiger partial charge in [0.05, 0.1) is 5.02 Å². The molecule has 0 fully saturated rings. The molecule has 0 aromatic heterocycles. The standard InChI is InChI=1S/C17H15ClFN3S/c1-11-7-8-14(19)13(17(11)18)9-15-20-21-16(10-23)22(15)12-5-3-2-4-6-12/h2-8,10,16,21H,9H2,1H3. The topological polar surface area (TPSA) is 27.6 Å². The van der Waals surface area contributed by atoms with Crippen LogP contribution >= 0.6 is 23.8 Å². The second-order valence-corrected chi connectivity index (χ2v) is 5.93. The predicted octanol–water partition coefficient (Wildman–Crippen LogP) is 4.08. The van der Waals surface area contributed by atoms with Crippen LogP contribution in [0.25, 0.3) is 0 Å². The lowest BCUT2D eigenvalue weighted by atomic mass is 10.1. The van der Waals surface area contributed by atoms with Crippen molar-refractivity contribution in [2.75, 3.05) is 4.90 Å².